The van der Waals surface area contributed by atoms with Crippen molar-refractivity contribution < 1.29 is 13.2 Å². The minimum absolute atomic E-state index is 0.220. The van der Waals surface area contributed by atoms with Crippen molar-refractivity contribution in [3.05, 3.63) is 58.6 Å². The number of halogens is 1. The summed E-state index contributed by atoms with van der Waals surface area (Å²) in [5.41, 5.74) is 2.78. The van der Waals surface area contributed by atoms with Crippen LogP contribution in [-0.4, -0.2) is 26.6 Å². The number of rotatable bonds is 6. The second kappa shape index (κ2) is 8.31. The van der Waals surface area contributed by atoms with Gasteiger partial charge in [-0.1, -0.05) is 49.7 Å². The predicted molar refractivity (Wildman–Crippen MR) is 112 cm³/mol. The maximum Gasteiger partial charge on any atom is 0.248 e. The van der Waals surface area contributed by atoms with Crippen LogP contribution in [0.15, 0.2) is 42.5 Å². The number of benzene rings is 2. The highest BCUT2D eigenvalue weighted by Gasteiger charge is 2.30. The molecule has 0 radical (unpaired) electrons. The standard InChI is InChI=1S/C20H25ClN2O3S/c1-13(2)17-8-6-7-9-18(17)22-20(24)15(4)23(27(5,25)26)19-12-16(21)11-10-14(19)3/h6-13,15H,1-5H3,(H,22,24)/t15-/m1/s1. The molecule has 5 nitrogen and oxygen atoms in total. The van der Waals surface area contributed by atoms with Gasteiger partial charge in [0.15, 0.2) is 0 Å². The Labute approximate surface area is 166 Å². The van der Waals surface area contributed by atoms with E-state index in [4.69, 9.17) is 11.6 Å². The summed E-state index contributed by atoms with van der Waals surface area (Å²) in [6.07, 6.45) is 1.08. The number of carbonyl (C=O) groups excluding carboxylic acids is 1. The van der Waals surface area contributed by atoms with Crippen LogP contribution in [0.2, 0.25) is 5.02 Å². The molecular weight excluding hydrogens is 384 g/mol. The molecule has 2 aromatic rings. The summed E-state index contributed by atoms with van der Waals surface area (Å²) < 4.78 is 26.1. The van der Waals surface area contributed by atoms with Crippen LogP contribution in [0.4, 0.5) is 11.4 Å². The lowest BCUT2D eigenvalue weighted by Gasteiger charge is -2.30. The SMILES string of the molecule is Cc1ccc(Cl)cc1N([C@H](C)C(=O)Nc1ccccc1C(C)C)S(C)(=O)=O. The van der Waals surface area contributed by atoms with Crippen molar-refractivity contribution in [3.63, 3.8) is 0 Å². The summed E-state index contributed by atoms with van der Waals surface area (Å²) in [7, 11) is -3.71. The molecule has 0 aliphatic carbocycles. The molecule has 0 heterocycles. The highest BCUT2D eigenvalue weighted by atomic mass is 35.5. The lowest BCUT2D eigenvalue weighted by atomic mass is 10.0. The van der Waals surface area contributed by atoms with Crippen LogP contribution in [0.5, 0.6) is 0 Å². The molecule has 1 amide bonds. The third-order valence-corrected chi connectivity index (χ3v) is 5.80. The molecule has 1 N–H and O–H groups in total. The van der Waals surface area contributed by atoms with Gasteiger partial charge in [0.1, 0.15) is 6.04 Å². The van der Waals surface area contributed by atoms with E-state index in [2.05, 4.69) is 5.32 Å². The Morgan fingerprint density at radius 2 is 1.74 bits per heavy atom. The predicted octanol–water partition coefficient (Wildman–Crippen LogP) is 4.57. The van der Waals surface area contributed by atoms with Crippen molar-refractivity contribution in [2.24, 2.45) is 0 Å². The molecule has 0 aromatic heterocycles. The fourth-order valence-corrected chi connectivity index (χ4v) is 4.34. The van der Waals surface area contributed by atoms with E-state index >= 15 is 0 Å². The number of amides is 1. The molecule has 0 bridgehead atoms. The number of nitrogens with one attached hydrogen (secondary N) is 1. The van der Waals surface area contributed by atoms with Gasteiger partial charge in [-0.2, -0.15) is 0 Å². The first-order valence-corrected chi connectivity index (χ1v) is 10.9. The molecule has 0 fully saturated rings. The Kier molecular flexibility index (Phi) is 6.54. The van der Waals surface area contributed by atoms with E-state index in [0.717, 1.165) is 16.1 Å². The number of hydrogen-bond donors (Lipinski definition) is 1. The molecule has 146 valence electrons. The zero-order valence-electron chi connectivity index (χ0n) is 16.2. The van der Waals surface area contributed by atoms with E-state index in [1.807, 2.05) is 38.1 Å². The quantitative estimate of drug-likeness (QED) is 0.761. The van der Waals surface area contributed by atoms with Crippen molar-refractivity contribution in [1.29, 1.82) is 0 Å². The average molecular weight is 409 g/mol. The van der Waals surface area contributed by atoms with Crippen molar-refractivity contribution in [1.82, 2.24) is 0 Å². The van der Waals surface area contributed by atoms with Crippen LogP contribution in [0.3, 0.4) is 0 Å². The molecule has 1 atom stereocenters. The molecule has 2 aromatic carbocycles. The molecule has 0 saturated heterocycles. The second-order valence-corrected chi connectivity index (χ2v) is 9.19. The van der Waals surface area contributed by atoms with Crippen LogP contribution < -0.4 is 9.62 Å². The topological polar surface area (TPSA) is 66.5 Å². The highest BCUT2D eigenvalue weighted by Crippen LogP contribution is 2.29. The smallest absolute Gasteiger partial charge is 0.248 e. The highest BCUT2D eigenvalue weighted by molar-refractivity contribution is 7.92. The molecule has 2 rings (SSSR count). The first-order chi connectivity index (χ1) is 12.5. The molecule has 0 saturated carbocycles. The zero-order valence-corrected chi connectivity index (χ0v) is 17.7. The van der Waals surface area contributed by atoms with Crippen LogP contribution in [0, 0.1) is 6.92 Å². The summed E-state index contributed by atoms with van der Waals surface area (Å²) in [4.78, 5) is 12.9. The fraction of sp³-hybridized carbons (Fsp3) is 0.350. The van der Waals surface area contributed by atoms with Crippen LogP contribution in [-0.2, 0) is 14.8 Å². The van der Waals surface area contributed by atoms with Gasteiger partial charge in [0.05, 0.1) is 11.9 Å². The second-order valence-electron chi connectivity index (χ2n) is 6.90. The summed E-state index contributed by atoms with van der Waals surface area (Å²) in [6, 6.07) is 11.5. The van der Waals surface area contributed by atoms with E-state index in [-0.39, 0.29) is 5.92 Å². The summed E-state index contributed by atoms with van der Waals surface area (Å²) in [5, 5.41) is 3.27. The normalized spacial score (nSPS) is 12.7. The minimum atomic E-state index is -3.71. The number of sulfonamides is 1. The Morgan fingerprint density at radius 1 is 1.11 bits per heavy atom. The Hall–Kier alpha value is -2.05. The summed E-state index contributed by atoms with van der Waals surface area (Å²) >= 11 is 6.06. The van der Waals surface area contributed by atoms with Crippen LogP contribution in [0.25, 0.3) is 0 Å². The first-order valence-electron chi connectivity index (χ1n) is 8.67. The van der Waals surface area contributed by atoms with Gasteiger partial charge in [-0.15, -0.1) is 0 Å². The van der Waals surface area contributed by atoms with E-state index < -0.39 is 22.0 Å². The van der Waals surface area contributed by atoms with E-state index in [0.29, 0.717) is 22.0 Å². The minimum Gasteiger partial charge on any atom is -0.324 e. The van der Waals surface area contributed by atoms with Gasteiger partial charge in [0, 0.05) is 10.7 Å². The zero-order chi connectivity index (χ0) is 20.4. The molecule has 0 aliphatic rings. The molecular formula is C20H25ClN2O3S. The lowest BCUT2D eigenvalue weighted by molar-refractivity contribution is -0.116. The van der Waals surface area contributed by atoms with Gasteiger partial charge in [-0.25, -0.2) is 8.42 Å². The van der Waals surface area contributed by atoms with Gasteiger partial charge in [0.2, 0.25) is 15.9 Å². The van der Waals surface area contributed by atoms with Crippen LogP contribution in [0.1, 0.15) is 37.8 Å². The van der Waals surface area contributed by atoms with Gasteiger partial charge >= 0.3 is 0 Å². The van der Waals surface area contributed by atoms with E-state index in [1.165, 1.54) is 0 Å². The maximum atomic E-state index is 12.9. The Balaban J connectivity index is 2.41. The van der Waals surface area contributed by atoms with Gasteiger partial charge < -0.3 is 5.32 Å². The van der Waals surface area contributed by atoms with Gasteiger partial charge in [-0.3, -0.25) is 9.10 Å². The third kappa shape index (κ3) is 5.02. The number of carbonyl (C=O) groups is 1. The van der Waals surface area contributed by atoms with Crippen molar-refractivity contribution >= 4 is 38.9 Å². The lowest BCUT2D eigenvalue weighted by Crippen LogP contribution is -2.45. The molecule has 0 spiro atoms. The number of aryl methyl sites for hydroxylation is 1. The fourth-order valence-electron chi connectivity index (χ4n) is 2.95. The van der Waals surface area contributed by atoms with Crippen molar-refractivity contribution in [2.75, 3.05) is 15.9 Å². The monoisotopic (exact) mass is 408 g/mol. The summed E-state index contributed by atoms with van der Waals surface area (Å²) in [5.74, 6) is -0.189. The molecule has 0 unspecified atom stereocenters. The van der Waals surface area contributed by atoms with E-state index in [9.17, 15) is 13.2 Å². The number of anilines is 2. The van der Waals surface area contributed by atoms with Crippen molar-refractivity contribution in [2.45, 2.75) is 39.7 Å². The van der Waals surface area contributed by atoms with Crippen molar-refractivity contribution in [3.8, 4) is 0 Å². The molecule has 27 heavy (non-hydrogen) atoms. The molecule has 7 heteroatoms. The van der Waals surface area contributed by atoms with Gasteiger partial charge in [0.25, 0.3) is 0 Å². The third-order valence-electron chi connectivity index (χ3n) is 4.34. The maximum absolute atomic E-state index is 12.9. The van der Waals surface area contributed by atoms with E-state index in [1.54, 1.807) is 32.0 Å². The average Bonchev–Trinajstić information content (AvgIpc) is 2.57. The largest absolute Gasteiger partial charge is 0.324 e. The molecule has 0 aliphatic heterocycles. The van der Waals surface area contributed by atoms with Crippen LogP contribution >= 0.6 is 11.6 Å². The first kappa shape index (κ1) is 21.3. The Bertz CT molecular complexity index is 942. The van der Waals surface area contributed by atoms with Gasteiger partial charge in [-0.05, 0) is 49.1 Å². The summed E-state index contributed by atoms with van der Waals surface area (Å²) in [6.45, 7) is 7.41. The Morgan fingerprint density at radius 3 is 2.33 bits per heavy atom. The number of para-hydroxylation sites is 1. The number of hydrogen-bond acceptors (Lipinski definition) is 3. The number of nitrogens with zero attached hydrogens (tertiary/aromatic N) is 1.